The number of aromatic nitrogens is 3. The van der Waals surface area contributed by atoms with Crippen molar-refractivity contribution < 1.29 is 9.53 Å². The van der Waals surface area contributed by atoms with Crippen LogP contribution in [0.2, 0.25) is 5.02 Å². The molecule has 156 valence electrons. The summed E-state index contributed by atoms with van der Waals surface area (Å²) in [5.41, 5.74) is 6.11. The summed E-state index contributed by atoms with van der Waals surface area (Å²) in [6.45, 7) is 6.22. The van der Waals surface area contributed by atoms with Crippen molar-refractivity contribution in [3.05, 3.63) is 40.5 Å². The molecule has 3 aromatic rings. The van der Waals surface area contributed by atoms with Crippen molar-refractivity contribution in [1.29, 1.82) is 0 Å². The summed E-state index contributed by atoms with van der Waals surface area (Å²) in [5.74, 6) is 0.395. The average molecular weight is 425 g/mol. The fraction of sp³-hybridized carbons (Fsp3) is 0.435. The van der Waals surface area contributed by atoms with E-state index in [-0.39, 0.29) is 0 Å². The minimum atomic E-state index is -0.408. The molecule has 0 N–H and O–H groups in total. The molecule has 0 radical (unpaired) electrons. The van der Waals surface area contributed by atoms with Crippen molar-refractivity contribution in [3.8, 4) is 11.3 Å². The van der Waals surface area contributed by atoms with Crippen LogP contribution >= 0.6 is 11.6 Å². The minimum Gasteiger partial charge on any atom is -0.465 e. The second-order valence-corrected chi connectivity index (χ2v) is 8.76. The lowest BCUT2D eigenvalue weighted by Gasteiger charge is -2.37. The number of hydrogen-bond acceptors (Lipinski definition) is 5. The highest BCUT2D eigenvalue weighted by Crippen LogP contribution is 2.42. The number of pyridine rings is 1. The molecular weight excluding hydrogens is 400 g/mol. The van der Waals surface area contributed by atoms with E-state index in [0.717, 1.165) is 53.4 Å². The van der Waals surface area contributed by atoms with Gasteiger partial charge in [-0.15, -0.1) is 0 Å². The Morgan fingerprint density at radius 3 is 2.77 bits per heavy atom. The van der Waals surface area contributed by atoms with Gasteiger partial charge < -0.3 is 9.64 Å². The molecule has 0 amide bonds. The number of anilines is 1. The highest BCUT2D eigenvalue weighted by atomic mass is 35.5. The van der Waals surface area contributed by atoms with Crippen LogP contribution in [0.1, 0.15) is 42.2 Å². The predicted octanol–water partition coefficient (Wildman–Crippen LogP) is 4.86. The summed E-state index contributed by atoms with van der Waals surface area (Å²) < 4.78 is 6.90. The van der Waals surface area contributed by atoms with Gasteiger partial charge in [-0.25, -0.2) is 9.78 Å². The van der Waals surface area contributed by atoms with Crippen molar-refractivity contribution in [3.63, 3.8) is 0 Å². The first-order valence-electron chi connectivity index (χ1n) is 10.5. The molecule has 0 saturated heterocycles. The summed E-state index contributed by atoms with van der Waals surface area (Å²) in [6, 6.07) is 7.81. The quantitative estimate of drug-likeness (QED) is 0.547. The van der Waals surface area contributed by atoms with E-state index >= 15 is 0 Å². The molecule has 7 heteroatoms. The van der Waals surface area contributed by atoms with Crippen LogP contribution in [0.25, 0.3) is 22.3 Å². The van der Waals surface area contributed by atoms with Gasteiger partial charge in [-0.2, -0.15) is 5.10 Å². The minimum absolute atomic E-state index is 0.408. The van der Waals surface area contributed by atoms with E-state index in [1.165, 1.54) is 25.6 Å². The molecule has 3 heterocycles. The fourth-order valence-electron chi connectivity index (χ4n) is 4.44. The fourth-order valence-corrected chi connectivity index (χ4v) is 4.71. The standard InChI is InChI=1S/C23H25ClN4O2/c1-4-16-12-28-22-19(27(16)11-14-5-6-14)9-13(2)25-21(22)20(26-28)17-8-7-15(10-18(17)24)23(29)30-3/h7-10,14,16H,4-6,11-12H2,1-3H3/t16-/m0/s1. The number of hydrogen-bond donors (Lipinski definition) is 0. The summed E-state index contributed by atoms with van der Waals surface area (Å²) in [4.78, 5) is 19.3. The second kappa shape index (κ2) is 7.27. The van der Waals surface area contributed by atoms with E-state index < -0.39 is 5.97 Å². The predicted molar refractivity (Wildman–Crippen MR) is 118 cm³/mol. The van der Waals surface area contributed by atoms with Crippen LogP contribution in [0.3, 0.4) is 0 Å². The van der Waals surface area contributed by atoms with Gasteiger partial charge in [-0.1, -0.05) is 24.6 Å². The number of aryl methyl sites for hydroxylation is 1. The maximum absolute atomic E-state index is 11.9. The maximum atomic E-state index is 11.9. The largest absolute Gasteiger partial charge is 0.465 e. The molecule has 0 bridgehead atoms. The van der Waals surface area contributed by atoms with Gasteiger partial charge in [0.25, 0.3) is 0 Å². The van der Waals surface area contributed by atoms with E-state index in [0.29, 0.717) is 16.6 Å². The topological polar surface area (TPSA) is 60.3 Å². The van der Waals surface area contributed by atoms with Crippen molar-refractivity contribution in [1.82, 2.24) is 14.8 Å². The van der Waals surface area contributed by atoms with Crippen LogP contribution in [0.15, 0.2) is 24.3 Å². The van der Waals surface area contributed by atoms with Gasteiger partial charge >= 0.3 is 5.97 Å². The van der Waals surface area contributed by atoms with Crippen LogP contribution in [-0.4, -0.2) is 40.4 Å². The van der Waals surface area contributed by atoms with Crippen LogP contribution < -0.4 is 4.90 Å². The van der Waals surface area contributed by atoms with E-state index in [2.05, 4.69) is 22.6 Å². The Balaban J connectivity index is 1.67. The molecule has 2 aromatic heterocycles. The van der Waals surface area contributed by atoms with Gasteiger partial charge in [-0.05, 0) is 50.3 Å². The zero-order valence-electron chi connectivity index (χ0n) is 17.5. The summed E-state index contributed by atoms with van der Waals surface area (Å²) in [6.07, 6.45) is 3.72. The first kappa shape index (κ1) is 19.4. The molecule has 0 spiro atoms. The van der Waals surface area contributed by atoms with E-state index in [4.69, 9.17) is 26.4 Å². The van der Waals surface area contributed by atoms with Crippen LogP contribution in [0.5, 0.6) is 0 Å². The molecule has 1 fully saturated rings. The highest BCUT2D eigenvalue weighted by molar-refractivity contribution is 6.34. The van der Waals surface area contributed by atoms with Gasteiger partial charge in [0.15, 0.2) is 0 Å². The number of carbonyl (C=O) groups is 1. The number of ether oxygens (including phenoxy) is 1. The number of esters is 1. The Bertz CT molecular complexity index is 1150. The summed E-state index contributed by atoms with van der Waals surface area (Å²) in [5, 5.41) is 5.41. The maximum Gasteiger partial charge on any atom is 0.337 e. The smallest absolute Gasteiger partial charge is 0.337 e. The monoisotopic (exact) mass is 424 g/mol. The summed E-state index contributed by atoms with van der Waals surface area (Å²) >= 11 is 6.58. The molecular formula is C23H25ClN4O2. The second-order valence-electron chi connectivity index (χ2n) is 8.35. The van der Waals surface area contributed by atoms with E-state index in [1.54, 1.807) is 12.1 Å². The number of rotatable bonds is 5. The average Bonchev–Trinajstić information content (AvgIpc) is 3.49. The van der Waals surface area contributed by atoms with Gasteiger partial charge in [0.1, 0.15) is 16.7 Å². The number of halogens is 1. The third-order valence-electron chi connectivity index (χ3n) is 6.21. The molecule has 1 aromatic carbocycles. The normalized spacial score (nSPS) is 18.1. The molecule has 2 aliphatic rings. The highest BCUT2D eigenvalue weighted by Gasteiger charge is 2.34. The molecule has 30 heavy (non-hydrogen) atoms. The van der Waals surface area contributed by atoms with Crippen molar-refractivity contribution in [2.24, 2.45) is 5.92 Å². The van der Waals surface area contributed by atoms with Gasteiger partial charge in [-0.3, -0.25) is 4.68 Å². The van der Waals surface area contributed by atoms with Crippen LogP contribution in [0, 0.1) is 12.8 Å². The Kier molecular flexibility index (Phi) is 4.69. The molecule has 0 unspecified atom stereocenters. The molecule has 6 nitrogen and oxygen atoms in total. The van der Waals surface area contributed by atoms with Crippen molar-refractivity contribution in [2.45, 2.75) is 45.7 Å². The lowest BCUT2D eigenvalue weighted by atomic mass is 10.0. The summed E-state index contributed by atoms with van der Waals surface area (Å²) in [7, 11) is 1.36. The molecule has 5 rings (SSSR count). The number of carbonyl (C=O) groups excluding carboxylic acids is 1. The van der Waals surface area contributed by atoms with Crippen molar-refractivity contribution >= 4 is 34.3 Å². The van der Waals surface area contributed by atoms with E-state index in [9.17, 15) is 4.79 Å². The Labute approximate surface area is 180 Å². The first-order chi connectivity index (χ1) is 14.5. The Hall–Kier alpha value is -2.60. The lowest BCUT2D eigenvalue weighted by molar-refractivity contribution is 0.0600. The third-order valence-corrected chi connectivity index (χ3v) is 6.52. The van der Waals surface area contributed by atoms with E-state index in [1.807, 2.05) is 13.0 Å². The van der Waals surface area contributed by atoms with Gasteiger partial charge in [0.2, 0.25) is 0 Å². The number of methoxy groups -OCH3 is 1. The Morgan fingerprint density at radius 1 is 1.30 bits per heavy atom. The third kappa shape index (κ3) is 3.14. The SMILES string of the molecule is CC[C@H]1Cn2nc(-c3ccc(C(=O)OC)cc3Cl)c3nc(C)cc(c32)N1CC1CC1. The molecule has 1 aliphatic heterocycles. The van der Waals surface area contributed by atoms with Gasteiger partial charge in [0, 0.05) is 23.8 Å². The van der Waals surface area contributed by atoms with Crippen LogP contribution in [-0.2, 0) is 11.3 Å². The molecule has 1 saturated carbocycles. The zero-order valence-corrected chi connectivity index (χ0v) is 18.2. The zero-order chi connectivity index (χ0) is 21.0. The van der Waals surface area contributed by atoms with Crippen LogP contribution in [0.4, 0.5) is 5.69 Å². The number of nitrogens with zero attached hydrogens (tertiary/aromatic N) is 4. The number of benzene rings is 1. The Morgan fingerprint density at radius 2 is 2.10 bits per heavy atom. The lowest BCUT2D eigenvalue weighted by Crippen LogP contribution is -2.42. The van der Waals surface area contributed by atoms with Crippen molar-refractivity contribution in [2.75, 3.05) is 18.6 Å². The first-order valence-corrected chi connectivity index (χ1v) is 10.9. The van der Waals surface area contributed by atoms with Gasteiger partial charge in [0.05, 0.1) is 29.9 Å². The molecule has 1 atom stereocenters. The molecule has 1 aliphatic carbocycles.